The van der Waals surface area contributed by atoms with Gasteiger partial charge in [-0.3, -0.25) is 4.79 Å². The van der Waals surface area contributed by atoms with Crippen LogP contribution in [0.4, 0.5) is 0 Å². The van der Waals surface area contributed by atoms with Crippen LogP contribution in [-0.4, -0.2) is 11.1 Å². The zero-order chi connectivity index (χ0) is 16.3. The smallest absolute Gasteiger partial charge is 0.303 e. The molecule has 0 heterocycles. The Morgan fingerprint density at radius 2 is 1.32 bits per heavy atom. The first-order valence-corrected chi connectivity index (χ1v) is 7.94. The summed E-state index contributed by atoms with van der Waals surface area (Å²) in [6.45, 7) is 2.14. The van der Waals surface area contributed by atoms with E-state index in [-0.39, 0.29) is 6.42 Å². The van der Waals surface area contributed by atoms with Crippen LogP contribution in [0, 0.1) is 0 Å². The summed E-state index contributed by atoms with van der Waals surface area (Å²) in [6, 6.07) is 0. The molecule has 0 spiro atoms. The fraction of sp³-hybridized carbons (Fsp3) is 0.350. The third kappa shape index (κ3) is 17.9. The van der Waals surface area contributed by atoms with Gasteiger partial charge in [-0.1, -0.05) is 79.8 Å². The van der Waals surface area contributed by atoms with Crippen molar-refractivity contribution in [1.82, 2.24) is 0 Å². The van der Waals surface area contributed by atoms with E-state index in [1.54, 1.807) is 0 Å². The Balaban J connectivity index is 3.61. The van der Waals surface area contributed by atoms with E-state index in [0.29, 0.717) is 6.42 Å². The monoisotopic (exact) mass is 300 g/mol. The van der Waals surface area contributed by atoms with Crippen molar-refractivity contribution in [1.29, 1.82) is 0 Å². The molecule has 22 heavy (non-hydrogen) atoms. The number of hydrogen-bond donors (Lipinski definition) is 1. The Labute approximate surface area is 134 Å². The molecule has 0 aliphatic carbocycles. The molecule has 2 nitrogen and oxygen atoms in total. The van der Waals surface area contributed by atoms with Crippen molar-refractivity contribution in [3.05, 3.63) is 72.9 Å². The fourth-order valence-electron chi connectivity index (χ4n) is 1.57. The first-order valence-electron chi connectivity index (χ1n) is 7.94. The number of carboxylic acid groups (broad SMARTS) is 1. The van der Waals surface area contributed by atoms with Gasteiger partial charge in [-0.2, -0.15) is 0 Å². The van der Waals surface area contributed by atoms with E-state index in [1.807, 2.05) is 42.5 Å². The van der Waals surface area contributed by atoms with Crippen molar-refractivity contribution in [2.24, 2.45) is 0 Å². The molecule has 1 N–H and O–H groups in total. The first-order chi connectivity index (χ1) is 10.8. The van der Waals surface area contributed by atoms with Crippen LogP contribution in [-0.2, 0) is 4.79 Å². The SMILES string of the molecule is CC/C=C\C/C=C\C\C=C/C=C/C=C/C=C/CCCC(=O)O. The lowest BCUT2D eigenvalue weighted by molar-refractivity contribution is -0.137. The number of carboxylic acids is 1. The van der Waals surface area contributed by atoms with E-state index in [9.17, 15) is 4.79 Å². The average Bonchev–Trinajstić information content (AvgIpc) is 2.50. The Morgan fingerprint density at radius 1 is 0.773 bits per heavy atom. The molecule has 0 aromatic rings. The molecule has 0 fully saturated rings. The van der Waals surface area contributed by atoms with E-state index >= 15 is 0 Å². The second-order valence-electron chi connectivity index (χ2n) is 4.73. The van der Waals surface area contributed by atoms with Crippen molar-refractivity contribution in [2.45, 2.75) is 45.4 Å². The van der Waals surface area contributed by atoms with E-state index in [1.165, 1.54) is 0 Å². The zero-order valence-corrected chi connectivity index (χ0v) is 13.5. The van der Waals surface area contributed by atoms with Crippen molar-refractivity contribution in [3.8, 4) is 0 Å². The van der Waals surface area contributed by atoms with Crippen LogP contribution < -0.4 is 0 Å². The van der Waals surface area contributed by atoms with Gasteiger partial charge in [0, 0.05) is 6.42 Å². The lowest BCUT2D eigenvalue weighted by Gasteiger charge is -1.88. The summed E-state index contributed by atoms with van der Waals surface area (Å²) >= 11 is 0. The fourth-order valence-corrected chi connectivity index (χ4v) is 1.57. The number of allylic oxidation sites excluding steroid dienone is 12. The topological polar surface area (TPSA) is 37.3 Å². The molecule has 0 aliphatic rings. The van der Waals surface area contributed by atoms with Gasteiger partial charge in [-0.25, -0.2) is 0 Å². The highest BCUT2D eigenvalue weighted by Gasteiger charge is 1.92. The highest BCUT2D eigenvalue weighted by atomic mass is 16.4. The molecular weight excluding hydrogens is 272 g/mol. The maximum absolute atomic E-state index is 10.3. The van der Waals surface area contributed by atoms with Gasteiger partial charge in [0.2, 0.25) is 0 Å². The van der Waals surface area contributed by atoms with E-state index in [0.717, 1.165) is 25.7 Å². The predicted molar refractivity (Wildman–Crippen MR) is 95.9 cm³/mol. The van der Waals surface area contributed by atoms with E-state index < -0.39 is 5.97 Å². The molecule has 0 bridgehead atoms. The normalized spacial score (nSPS) is 13.1. The largest absolute Gasteiger partial charge is 0.481 e. The predicted octanol–water partition coefficient (Wildman–Crippen LogP) is 5.77. The van der Waals surface area contributed by atoms with Gasteiger partial charge in [-0.05, 0) is 32.1 Å². The van der Waals surface area contributed by atoms with Gasteiger partial charge in [0.05, 0.1) is 0 Å². The van der Waals surface area contributed by atoms with Gasteiger partial charge >= 0.3 is 5.97 Å². The highest BCUT2D eigenvalue weighted by molar-refractivity contribution is 5.66. The molecule has 0 rings (SSSR count). The molecule has 0 atom stereocenters. The molecule has 2 heteroatoms. The molecule has 0 saturated carbocycles. The van der Waals surface area contributed by atoms with Crippen LogP contribution in [0.2, 0.25) is 0 Å². The molecule has 0 unspecified atom stereocenters. The Bertz CT molecular complexity index is 435. The van der Waals surface area contributed by atoms with Gasteiger partial charge < -0.3 is 5.11 Å². The lowest BCUT2D eigenvalue weighted by Crippen LogP contribution is -1.92. The van der Waals surface area contributed by atoms with Crippen molar-refractivity contribution >= 4 is 5.97 Å². The highest BCUT2D eigenvalue weighted by Crippen LogP contribution is 1.96. The summed E-state index contributed by atoms with van der Waals surface area (Å²) in [7, 11) is 0. The maximum atomic E-state index is 10.3. The second-order valence-corrected chi connectivity index (χ2v) is 4.73. The number of carbonyl (C=O) groups is 1. The van der Waals surface area contributed by atoms with Crippen LogP contribution in [0.25, 0.3) is 0 Å². The Kier molecular flexibility index (Phi) is 15.4. The average molecular weight is 300 g/mol. The van der Waals surface area contributed by atoms with E-state index in [4.69, 9.17) is 5.11 Å². The molecule has 0 aromatic heterocycles. The maximum Gasteiger partial charge on any atom is 0.303 e. The van der Waals surface area contributed by atoms with Crippen molar-refractivity contribution in [3.63, 3.8) is 0 Å². The third-order valence-corrected chi connectivity index (χ3v) is 2.70. The van der Waals surface area contributed by atoms with Crippen molar-refractivity contribution < 1.29 is 9.90 Å². The van der Waals surface area contributed by atoms with E-state index in [2.05, 4.69) is 37.3 Å². The lowest BCUT2D eigenvalue weighted by atomic mass is 10.2. The molecule has 0 radical (unpaired) electrons. The Hall–Kier alpha value is -2.09. The van der Waals surface area contributed by atoms with Gasteiger partial charge in [0.1, 0.15) is 0 Å². The second kappa shape index (κ2) is 17.0. The minimum absolute atomic E-state index is 0.238. The summed E-state index contributed by atoms with van der Waals surface area (Å²) in [5, 5.41) is 8.48. The molecule has 0 saturated heterocycles. The Morgan fingerprint density at radius 3 is 1.95 bits per heavy atom. The van der Waals surface area contributed by atoms with Crippen molar-refractivity contribution in [2.75, 3.05) is 0 Å². The molecule has 0 amide bonds. The molecule has 120 valence electrons. The standard InChI is InChI=1S/C20H28O2/c1-2-3-4-5-6-7-8-9-10-11-12-13-14-15-16-17-18-19-20(21)22/h3-4,6-7,9-16H,2,5,8,17-19H2,1H3,(H,21,22)/b4-3-,7-6-,10-9-,12-11+,14-13+,16-15+. The van der Waals surface area contributed by atoms with Gasteiger partial charge in [0.25, 0.3) is 0 Å². The van der Waals surface area contributed by atoms with Crippen LogP contribution >= 0.6 is 0 Å². The number of hydrogen-bond acceptors (Lipinski definition) is 1. The third-order valence-electron chi connectivity index (χ3n) is 2.70. The zero-order valence-electron chi connectivity index (χ0n) is 13.5. The summed E-state index contributed by atoms with van der Waals surface area (Å²) in [5.74, 6) is -0.731. The van der Waals surface area contributed by atoms with Gasteiger partial charge in [0.15, 0.2) is 0 Å². The van der Waals surface area contributed by atoms with Crippen LogP contribution in [0.5, 0.6) is 0 Å². The molecular formula is C20H28O2. The molecule has 0 aliphatic heterocycles. The minimum Gasteiger partial charge on any atom is -0.481 e. The molecule has 0 aromatic carbocycles. The summed E-state index contributed by atoms with van der Waals surface area (Å²) < 4.78 is 0. The summed E-state index contributed by atoms with van der Waals surface area (Å²) in [4.78, 5) is 10.3. The van der Waals surface area contributed by atoms with Gasteiger partial charge in [-0.15, -0.1) is 0 Å². The van der Waals surface area contributed by atoms with Crippen LogP contribution in [0.3, 0.4) is 0 Å². The summed E-state index contributed by atoms with van der Waals surface area (Å²) in [6.07, 6.45) is 29.5. The number of unbranched alkanes of at least 4 members (excludes halogenated alkanes) is 1. The number of rotatable bonds is 12. The first kappa shape index (κ1) is 19.9. The summed E-state index contributed by atoms with van der Waals surface area (Å²) in [5.41, 5.74) is 0. The quantitative estimate of drug-likeness (QED) is 0.282. The van der Waals surface area contributed by atoms with Crippen LogP contribution in [0.1, 0.15) is 45.4 Å². The number of aliphatic carboxylic acids is 1. The van der Waals surface area contributed by atoms with Crippen LogP contribution in [0.15, 0.2) is 72.9 Å². The minimum atomic E-state index is -0.731.